The number of nitrogens with one attached hydrogen (secondary N) is 2. The van der Waals surface area contributed by atoms with Crippen molar-refractivity contribution < 1.29 is 17.9 Å². The minimum atomic E-state index is -3.28. The van der Waals surface area contributed by atoms with Crippen molar-refractivity contribution in [1.82, 2.24) is 5.32 Å². The van der Waals surface area contributed by atoms with Gasteiger partial charge in [-0.25, -0.2) is 8.42 Å². The van der Waals surface area contributed by atoms with Crippen LogP contribution in [-0.4, -0.2) is 33.7 Å². The average molecular weight is 374 g/mol. The summed E-state index contributed by atoms with van der Waals surface area (Å²) in [5.41, 5.74) is 0.681. The average Bonchev–Trinajstić information content (AvgIpc) is 3.40. The van der Waals surface area contributed by atoms with Gasteiger partial charge in [0.1, 0.15) is 11.5 Å². The van der Waals surface area contributed by atoms with E-state index in [1.807, 2.05) is 0 Å². The molecule has 0 aromatic heterocycles. The van der Waals surface area contributed by atoms with Crippen molar-refractivity contribution in [3.8, 4) is 11.5 Å². The summed E-state index contributed by atoms with van der Waals surface area (Å²) in [5, 5.41) is 5.96. The molecule has 0 saturated heterocycles. The third kappa shape index (κ3) is 5.57. The van der Waals surface area contributed by atoms with E-state index >= 15 is 0 Å². The number of hydrogen-bond acceptors (Lipinski definition) is 5. The first-order valence-electron chi connectivity index (χ1n) is 8.49. The Morgan fingerprint density at radius 1 is 1.12 bits per heavy atom. The Morgan fingerprint density at radius 3 is 2.50 bits per heavy atom. The minimum absolute atomic E-state index is 0.0832. The molecule has 0 unspecified atom stereocenters. The van der Waals surface area contributed by atoms with E-state index in [9.17, 15) is 13.2 Å². The van der Waals surface area contributed by atoms with Crippen molar-refractivity contribution in [3.63, 3.8) is 0 Å². The molecule has 0 bridgehead atoms. The summed E-state index contributed by atoms with van der Waals surface area (Å²) in [4.78, 5) is 12.1. The van der Waals surface area contributed by atoms with Crippen LogP contribution in [0.25, 0.3) is 0 Å². The number of benzene rings is 2. The van der Waals surface area contributed by atoms with Gasteiger partial charge in [0.25, 0.3) is 0 Å². The Hall–Kier alpha value is -2.38. The van der Waals surface area contributed by atoms with Gasteiger partial charge in [-0.3, -0.25) is 4.79 Å². The molecule has 0 atom stereocenters. The van der Waals surface area contributed by atoms with E-state index in [1.54, 1.807) is 36.4 Å². The first-order chi connectivity index (χ1) is 12.4. The molecule has 1 amide bonds. The zero-order valence-electron chi connectivity index (χ0n) is 14.6. The van der Waals surface area contributed by atoms with E-state index in [0.29, 0.717) is 23.7 Å². The molecule has 2 N–H and O–H groups in total. The normalized spacial score (nSPS) is 14.0. The van der Waals surface area contributed by atoms with Gasteiger partial charge < -0.3 is 15.4 Å². The first-order valence-corrected chi connectivity index (χ1v) is 10.4. The summed E-state index contributed by atoms with van der Waals surface area (Å²) >= 11 is 0. The fourth-order valence-electron chi connectivity index (χ4n) is 2.43. The molecule has 0 heterocycles. The zero-order chi connectivity index (χ0) is 18.6. The first kappa shape index (κ1) is 18.4. The van der Waals surface area contributed by atoms with E-state index < -0.39 is 9.84 Å². The topological polar surface area (TPSA) is 84.5 Å². The number of amides is 1. The quantitative estimate of drug-likeness (QED) is 0.742. The predicted molar refractivity (Wildman–Crippen MR) is 100 cm³/mol. The maximum Gasteiger partial charge on any atom is 0.238 e. The van der Waals surface area contributed by atoms with Crippen LogP contribution < -0.4 is 15.4 Å². The Kier molecular flexibility index (Phi) is 5.58. The summed E-state index contributed by atoms with van der Waals surface area (Å²) in [6.07, 6.45) is 3.66. The Morgan fingerprint density at radius 2 is 1.85 bits per heavy atom. The molecular weight excluding hydrogens is 352 g/mol. The van der Waals surface area contributed by atoms with Gasteiger partial charge in [0.05, 0.1) is 11.4 Å². The van der Waals surface area contributed by atoms with Gasteiger partial charge in [0.15, 0.2) is 9.84 Å². The van der Waals surface area contributed by atoms with E-state index in [2.05, 4.69) is 10.6 Å². The highest BCUT2D eigenvalue weighted by atomic mass is 32.2. The highest BCUT2D eigenvalue weighted by Crippen LogP contribution is 2.27. The molecule has 3 rings (SSSR count). The highest BCUT2D eigenvalue weighted by Gasteiger charge is 2.20. The van der Waals surface area contributed by atoms with Gasteiger partial charge in [0, 0.05) is 11.9 Å². The van der Waals surface area contributed by atoms with Crippen LogP contribution in [0, 0.1) is 5.92 Å². The van der Waals surface area contributed by atoms with Crippen LogP contribution in [0.4, 0.5) is 5.69 Å². The minimum Gasteiger partial charge on any atom is -0.457 e. The van der Waals surface area contributed by atoms with Crippen molar-refractivity contribution in [2.24, 2.45) is 5.92 Å². The van der Waals surface area contributed by atoms with Gasteiger partial charge in [-0.15, -0.1) is 0 Å². The molecule has 6 nitrogen and oxygen atoms in total. The summed E-state index contributed by atoms with van der Waals surface area (Å²) in [6, 6.07) is 13.3. The summed E-state index contributed by atoms with van der Waals surface area (Å²) in [7, 11) is -3.28. The van der Waals surface area contributed by atoms with Gasteiger partial charge in [-0.2, -0.15) is 0 Å². The molecule has 1 aliphatic rings. The van der Waals surface area contributed by atoms with Crippen LogP contribution in [0.5, 0.6) is 11.5 Å². The molecule has 2 aromatic rings. The van der Waals surface area contributed by atoms with Crippen molar-refractivity contribution >= 4 is 21.4 Å². The lowest BCUT2D eigenvalue weighted by Crippen LogP contribution is -2.29. The highest BCUT2D eigenvalue weighted by molar-refractivity contribution is 7.90. The lowest BCUT2D eigenvalue weighted by Gasteiger charge is -2.09. The maximum atomic E-state index is 11.9. The molecule has 1 aliphatic carbocycles. The monoisotopic (exact) mass is 374 g/mol. The number of carbonyl (C=O) groups is 1. The second-order valence-electron chi connectivity index (χ2n) is 6.50. The van der Waals surface area contributed by atoms with E-state index in [-0.39, 0.29) is 10.8 Å². The standard InChI is InChI=1S/C19H22N2O4S/c1-26(23,24)18-4-2-3-17(11-18)25-16-9-7-15(8-10-16)21-19(22)13-20-12-14-5-6-14/h2-4,7-11,14,20H,5-6,12-13H2,1H3,(H,21,22). The smallest absolute Gasteiger partial charge is 0.238 e. The van der Waals surface area contributed by atoms with Gasteiger partial charge >= 0.3 is 0 Å². The van der Waals surface area contributed by atoms with Crippen LogP contribution in [0.3, 0.4) is 0 Å². The fraction of sp³-hybridized carbons (Fsp3) is 0.316. The number of carbonyl (C=O) groups excluding carboxylic acids is 1. The van der Waals surface area contributed by atoms with E-state index in [1.165, 1.54) is 25.0 Å². The number of ether oxygens (including phenoxy) is 1. The van der Waals surface area contributed by atoms with E-state index in [0.717, 1.165) is 18.7 Å². The Bertz CT molecular complexity index is 875. The molecule has 26 heavy (non-hydrogen) atoms. The molecule has 1 saturated carbocycles. The molecule has 1 fully saturated rings. The van der Waals surface area contributed by atoms with Crippen LogP contribution in [0.1, 0.15) is 12.8 Å². The van der Waals surface area contributed by atoms with Gasteiger partial charge in [0.2, 0.25) is 5.91 Å². The van der Waals surface area contributed by atoms with Crippen molar-refractivity contribution in [3.05, 3.63) is 48.5 Å². The van der Waals surface area contributed by atoms with Gasteiger partial charge in [-0.1, -0.05) is 6.07 Å². The van der Waals surface area contributed by atoms with Crippen molar-refractivity contribution in [2.75, 3.05) is 24.7 Å². The third-order valence-corrected chi connectivity index (χ3v) is 5.13. The molecule has 138 valence electrons. The molecule has 2 aromatic carbocycles. The molecular formula is C19H22N2O4S. The Balaban J connectivity index is 1.54. The van der Waals surface area contributed by atoms with Crippen LogP contribution >= 0.6 is 0 Å². The molecule has 0 spiro atoms. The largest absolute Gasteiger partial charge is 0.457 e. The molecule has 0 aliphatic heterocycles. The van der Waals surface area contributed by atoms with Gasteiger partial charge in [-0.05, 0) is 67.8 Å². The second-order valence-corrected chi connectivity index (χ2v) is 8.51. The molecule has 7 heteroatoms. The summed E-state index contributed by atoms with van der Waals surface area (Å²) in [6.45, 7) is 1.19. The molecule has 0 radical (unpaired) electrons. The summed E-state index contributed by atoms with van der Waals surface area (Å²) < 4.78 is 28.9. The third-order valence-electron chi connectivity index (χ3n) is 4.02. The number of anilines is 1. The van der Waals surface area contributed by atoms with Crippen LogP contribution in [-0.2, 0) is 14.6 Å². The number of sulfone groups is 1. The zero-order valence-corrected chi connectivity index (χ0v) is 15.4. The fourth-order valence-corrected chi connectivity index (χ4v) is 3.08. The predicted octanol–water partition coefficient (Wildman–Crippen LogP) is 2.82. The number of hydrogen-bond donors (Lipinski definition) is 2. The van der Waals surface area contributed by atoms with Crippen LogP contribution in [0.2, 0.25) is 0 Å². The SMILES string of the molecule is CS(=O)(=O)c1cccc(Oc2ccc(NC(=O)CNCC3CC3)cc2)c1. The van der Waals surface area contributed by atoms with Crippen molar-refractivity contribution in [1.29, 1.82) is 0 Å². The lowest BCUT2D eigenvalue weighted by molar-refractivity contribution is -0.115. The van der Waals surface area contributed by atoms with Crippen molar-refractivity contribution in [2.45, 2.75) is 17.7 Å². The maximum absolute atomic E-state index is 11.9. The lowest BCUT2D eigenvalue weighted by atomic mass is 10.3. The summed E-state index contributed by atoms with van der Waals surface area (Å²) in [5.74, 6) is 1.65. The second kappa shape index (κ2) is 7.88. The number of rotatable bonds is 8. The van der Waals surface area contributed by atoms with Crippen LogP contribution in [0.15, 0.2) is 53.4 Å². The Labute approximate surface area is 153 Å². The van der Waals surface area contributed by atoms with E-state index in [4.69, 9.17) is 4.74 Å².